The van der Waals surface area contributed by atoms with E-state index in [-0.39, 0.29) is 0 Å². The Kier molecular flexibility index (Phi) is 4.69. The summed E-state index contributed by atoms with van der Waals surface area (Å²) in [6, 6.07) is 49.0. The Morgan fingerprint density at radius 1 is 0.455 bits per heavy atom. The Bertz CT molecular complexity index is 2770. The van der Waals surface area contributed by atoms with E-state index in [1.54, 1.807) is 0 Å². The highest BCUT2D eigenvalue weighted by Crippen LogP contribution is 2.42. The highest BCUT2D eigenvalue weighted by molar-refractivity contribution is 6.26. The Morgan fingerprint density at radius 3 is 1.86 bits per heavy atom. The van der Waals surface area contributed by atoms with Gasteiger partial charge in [-0.3, -0.25) is 4.57 Å². The molecule has 0 radical (unpaired) electrons. The molecule has 0 unspecified atom stereocenters. The quantitative estimate of drug-likeness (QED) is 0.211. The minimum atomic E-state index is 0.624. The minimum Gasteiger partial charge on any atom is -0.451 e. The number of fused-ring (bicyclic) bond motifs is 12. The van der Waals surface area contributed by atoms with E-state index in [9.17, 15) is 0 Å². The Labute approximate surface area is 251 Å². The highest BCUT2D eigenvalue weighted by atomic mass is 16.3. The molecule has 7 aromatic carbocycles. The lowest BCUT2D eigenvalue weighted by molar-refractivity contribution is 0.670. The van der Waals surface area contributed by atoms with E-state index in [0.717, 1.165) is 49.5 Å². The van der Waals surface area contributed by atoms with Crippen LogP contribution in [-0.2, 0) is 0 Å². The molecule has 3 aromatic heterocycles. The van der Waals surface area contributed by atoms with Gasteiger partial charge >= 0.3 is 0 Å². The summed E-state index contributed by atoms with van der Waals surface area (Å²) in [5, 5.41) is 10.3. The Balaban J connectivity index is 1.42. The largest absolute Gasteiger partial charge is 0.451 e. The van der Waals surface area contributed by atoms with Gasteiger partial charge in [0, 0.05) is 32.5 Å². The van der Waals surface area contributed by atoms with Crippen LogP contribution in [0.3, 0.4) is 0 Å². The fraction of sp³-hybridized carbons (Fsp3) is 0. The van der Waals surface area contributed by atoms with Crippen LogP contribution in [0.2, 0.25) is 0 Å². The molecule has 3 heterocycles. The third-order valence-corrected chi connectivity index (χ3v) is 8.98. The molecular formula is C40H23N3O. The third-order valence-electron chi connectivity index (χ3n) is 8.98. The van der Waals surface area contributed by atoms with Gasteiger partial charge in [-0.25, -0.2) is 9.97 Å². The molecule has 44 heavy (non-hydrogen) atoms. The lowest BCUT2D eigenvalue weighted by atomic mass is 10.0. The van der Waals surface area contributed by atoms with E-state index in [1.165, 1.54) is 32.3 Å². The fourth-order valence-corrected chi connectivity index (χ4v) is 7.01. The average molecular weight is 562 g/mol. The Hall–Kier alpha value is -6.00. The summed E-state index contributed by atoms with van der Waals surface area (Å²) in [4.78, 5) is 10.7. The van der Waals surface area contributed by atoms with Crippen LogP contribution >= 0.6 is 0 Å². The highest BCUT2D eigenvalue weighted by Gasteiger charge is 2.23. The Morgan fingerprint density at radius 2 is 1.07 bits per heavy atom. The van der Waals surface area contributed by atoms with Crippen molar-refractivity contribution in [1.29, 1.82) is 0 Å². The monoisotopic (exact) mass is 561 g/mol. The molecule has 4 heteroatoms. The lowest BCUT2D eigenvalue weighted by Crippen LogP contribution is -2.03. The minimum absolute atomic E-state index is 0.624. The zero-order valence-electron chi connectivity index (χ0n) is 23.5. The second-order valence-corrected chi connectivity index (χ2v) is 11.4. The molecule has 0 N–H and O–H groups in total. The number of rotatable bonds is 2. The van der Waals surface area contributed by atoms with Gasteiger partial charge in [0.15, 0.2) is 5.58 Å². The topological polar surface area (TPSA) is 43.9 Å². The first-order chi connectivity index (χ1) is 21.8. The van der Waals surface area contributed by atoms with Crippen molar-refractivity contribution in [2.75, 3.05) is 0 Å². The van der Waals surface area contributed by atoms with Gasteiger partial charge in [0.25, 0.3) is 0 Å². The maximum Gasteiger partial charge on any atom is 0.236 e. The van der Waals surface area contributed by atoms with Gasteiger partial charge in [-0.2, -0.15) is 0 Å². The molecule has 10 aromatic rings. The van der Waals surface area contributed by atoms with E-state index in [4.69, 9.17) is 14.4 Å². The predicted octanol–water partition coefficient (Wildman–Crippen LogP) is 10.6. The fourth-order valence-electron chi connectivity index (χ4n) is 7.01. The molecule has 0 spiro atoms. The smallest absolute Gasteiger partial charge is 0.236 e. The summed E-state index contributed by atoms with van der Waals surface area (Å²) in [6.07, 6.45) is 0. The van der Waals surface area contributed by atoms with E-state index in [2.05, 4.69) is 126 Å². The first-order valence-corrected chi connectivity index (χ1v) is 14.8. The molecule has 0 saturated heterocycles. The standard InChI is InChI=1S/C40H23N3O/c1-2-13-27(14-3-1)35-39-36(32-22-19-26-12-6-9-17-30(26)38(32)44-39)42-40(41-35)43-33-23-20-24-10-4-7-15-28(24)34(33)31-21-18-25-11-5-8-16-29(25)37(31)43/h1-23H. The molecule has 0 atom stereocenters. The number of aromatic nitrogens is 3. The molecule has 0 aliphatic carbocycles. The van der Waals surface area contributed by atoms with Gasteiger partial charge in [-0.1, -0.05) is 127 Å². The lowest BCUT2D eigenvalue weighted by Gasteiger charge is -2.11. The van der Waals surface area contributed by atoms with Crippen molar-refractivity contribution in [3.8, 4) is 17.2 Å². The van der Waals surface area contributed by atoms with Crippen molar-refractivity contribution in [3.63, 3.8) is 0 Å². The van der Waals surface area contributed by atoms with E-state index >= 15 is 0 Å². The maximum atomic E-state index is 6.69. The predicted molar refractivity (Wildman–Crippen MR) is 182 cm³/mol. The van der Waals surface area contributed by atoms with E-state index in [0.29, 0.717) is 11.5 Å². The van der Waals surface area contributed by atoms with Crippen molar-refractivity contribution in [1.82, 2.24) is 14.5 Å². The molecule has 10 rings (SSSR count). The molecule has 4 nitrogen and oxygen atoms in total. The van der Waals surface area contributed by atoms with Crippen LogP contribution in [0.4, 0.5) is 0 Å². The van der Waals surface area contributed by atoms with Crippen LogP contribution in [0, 0.1) is 0 Å². The molecule has 0 aliphatic rings. The second kappa shape index (κ2) is 8.76. The van der Waals surface area contributed by atoms with Crippen molar-refractivity contribution < 1.29 is 4.42 Å². The summed E-state index contributed by atoms with van der Waals surface area (Å²) in [7, 11) is 0. The zero-order chi connectivity index (χ0) is 28.8. The normalized spacial score (nSPS) is 12.1. The van der Waals surface area contributed by atoms with Gasteiger partial charge in [0.05, 0.1) is 11.0 Å². The van der Waals surface area contributed by atoms with Crippen molar-refractivity contribution in [2.24, 2.45) is 0 Å². The molecular weight excluding hydrogens is 538 g/mol. The van der Waals surface area contributed by atoms with Gasteiger partial charge in [-0.15, -0.1) is 0 Å². The summed E-state index contributed by atoms with van der Waals surface area (Å²) >= 11 is 0. The molecule has 0 amide bonds. The van der Waals surface area contributed by atoms with Crippen LogP contribution in [0.15, 0.2) is 144 Å². The molecule has 204 valence electrons. The number of furan rings is 1. The van der Waals surface area contributed by atoms with Gasteiger partial charge < -0.3 is 4.42 Å². The van der Waals surface area contributed by atoms with Gasteiger partial charge in [-0.05, 0) is 33.7 Å². The van der Waals surface area contributed by atoms with Crippen LogP contribution in [0.1, 0.15) is 0 Å². The summed E-state index contributed by atoms with van der Waals surface area (Å²) < 4.78 is 8.95. The third kappa shape index (κ3) is 3.17. The maximum absolute atomic E-state index is 6.69. The SMILES string of the molecule is c1ccc(-c2nc(-n3c4ccc5ccccc5c4c4ccc5ccccc5c43)nc3c2oc2c4ccccc4ccc32)cc1. The van der Waals surface area contributed by atoms with Gasteiger partial charge in [0.2, 0.25) is 5.95 Å². The van der Waals surface area contributed by atoms with Crippen LogP contribution in [0.5, 0.6) is 0 Å². The molecule has 0 saturated carbocycles. The van der Waals surface area contributed by atoms with Crippen LogP contribution < -0.4 is 0 Å². The first-order valence-electron chi connectivity index (χ1n) is 14.8. The zero-order valence-corrected chi connectivity index (χ0v) is 23.5. The number of hydrogen-bond donors (Lipinski definition) is 0. The average Bonchev–Trinajstić information content (AvgIpc) is 3.65. The molecule has 0 fully saturated rings. The number of nitrogens with zero attached hydrogens (tertiary/aromatic N) is 3. The number of benzene rings is 7. The van der Waals surface area contributed by atoms with Crippen molar-refractivity contribution in [2.45, 2.75) is 0 Å². The summed E-state index contributed by atoms with van der Waals surface area (Å²) in [5.41, 5.74) is 6.29. The van der Waals surface area contributed by atoms with Crippen molar-refractivity contribution >= 4 is 76.2 Å². The number of hydrogen-bond acceptors (Lipinski definition) is 3. The van der Waals surface area contributed by atoms with Crippen LogP contribution in [-0.4, -0.2) is 14.5 Å². The summed E-state index contributed by atoms with van der Waals surface area (Å²) in [6.45, 7) is 0. The first kappa shape index (κ1) is 23.6. The van der Waals surface area contributed by atoms with E-state index < -0.39 is 0 Å². The van der Waals surface area contributed by atoms with E-state index in [1.807, 2.05) is 18.2 Å². The summed E-state index contributed by atoms with van der Waals surface area (Å²) in [5.74, 6) is 0.624. The van der Waals surface area contributed by atoms with Gasteiger partial charge in [0.1, 0.15) is 16.8 Å². The van der Waals surface area contributed by atoms with Crippen molar-refractivity contribution in [3.05, 3.63) is 140 Å². The second-order valence-electron chi connectivity index (χ2n) is 11.4. The van der Waals surface area contributed by atoms with Crippen LogP contribution in [0.25, 0.3) is 93.4 Å². The molecule has 0 aliphatic heterocycles. The molecule has 0 bridgehead atoms.